The van der Waals surface area contributed by atoms with Gasteiger partial charge in [-0.15, -0.1) is 0 Å². The van der Waals surface area contributed by atoms with E-state index in [0.29, 0.717) is 22.7 Å². The minimum atomic E-state index is -0.0723. The number of carbonyl (C=O) groups is 1. The highest BCUT2D eigenvalue weighted by atomic mass is 35.5. The third-order valence-electron chi connectivity index (χ3n) is 2.54. The summed E-state index contributed by atoms with van der Waals surface area (Å²) in [6.07, 6.45) is 2.14. The monoisotopic (exact) mass is 236 g/mol. The van der Waals surface area contributed by atoms with E-state index in [1.807, 2.05) is 0 Å². The van der Waals surface area contributed by atoms with E-state index < -0.39 is 0 Å². The topological polar surface area (TPSA) is 55.1 Å². The molecule has 1 aromatic carbocycles. The molecule has 1 fully saturated rings. The summed E-state index contributed by atoms with van der Waals surface area (Å²) in [4.78, 5) is 15.7. The van der Waals surface area contributed by atoms with E-state index in [1.165, 1.54) is 0 Å². The van der Waals surface area contributed by atoms with E-state index in [0.717, 1.165) is 12.8 Å². The van der Waals surface area contributed by atoms with Crippen molar-refractivity contribution >= 4 is 28.6 Å². The number of nitrogens with one attached hydrogen (secondary N) is 1. The highest BCUT2D eigenvalue weighted by Crippen LogP contribution is 2.22. The summed E-state index contributed by atoms with van der Waals surface area (Å²) in [5.41, 5.74) is 1.77. The van der Waals surface area contributed by atoms with Gasteiger partial charge in [0.2, 0.25) is 0 Å². The standard InChI is InChI=1S/C11H9ClN2O2/c12-11-14-8-4-1-6(5-9(8)16-11)10(15)13-7-2-3-7/h1,4-5,7H,2-3H2,(H,13,15). The van der Waals surface area contributed by atoms with Crippen LogP contribution in [0.3, 0.4) is 0 Å². The predicted octanol–water partition coefficient (Wildman–Crippen LogP) is 2.37. The second-order valence-corrected chi connectivity index (χ2v) is 4.22. The number of hydrogen-bond acceptors (Lipinski definition) is 3. The SMILES string of the molecule is O=C(NC1CC1)c1ccc2nc(Cl)oc2c1. The van der Waals surface area contributed by atoms with Gasteiger partial charge < -0.3 is 9.73 Å². The molecule has 0 saturated heterocycles. The Morgan fingerprint density at radius 3 is 3.06 bits per heavy atom. The first-order chi connectivity index (χ1) is 7.72. The average molecular weight is 237 g/mol. The number of oxazole rings is 1. The highest BCUT2D eigenvalue weighted by molar-refractivity contribution is 6.28. The van der Waals surface area contributed by atoms with Crippen molar-refractivity contribution in [2.24, 2.45) is 0 Å². The summed E-state index contributed by atoms with van der Waals surface area (Å²) >= 11 is 5.63. The molecule has 0 unspecified atom stereocenters. The Morgan fingerprint density at radius 2 is 2.31 bits per heavy atom. The molecule has 3 rings (SSSR count). The van der Waals surface area contributed by atoms with Crippen molar-refractivity contribution in [1.82, 2.24) is 10.3 Å². The van der Waals surface area contributed by atoms with Gasteiger partial charge in [0.25, 0.3) is 11.3 Å². The highest BCUT2D eigenvalue weighted by Gasteiger charge is 2.24. The summed E-state index contributed by atoms with van der Waals surface area (Å²) < 4.78 is 5.15. The number of carbonyl (C=O) groups excluding carboxylic acids is 1. The molecule has 0 aliphatic heterocycles. The molecule has 82 valence electrons. The van der Waals surface area contributed by atoms with E-state index in [9.17, 15) is 4.79 Å². The van der Waals surface area contributed by atoms with Crippen LogP contribution in [0.1, 0.15) is 23.2 Å². The van der Waals surface area contributed by atoms with Gasteiger partial charge in [-0.2, -0.15) is 4.98 Å². The Labute approximate surface area is 96.6 Å². The number of amides is 1. The number of hydrogen-bond donors (Lipinski definition) is 1. The van der Waals surface area contributed by atoms with Gasteiger partial charge >= 0.3 is 0 Å². The van der Waals surface area contributed by atoms with E-state index >= 15 is 0 Å². The third kappa shape index (κ3) is 1.76. The number of benzene rings is 1. The van der Waals surface area contributed by atoms with E-state index in [4.69, 9.17) is 16.0 Å². The largest absolute Gasteiger partial charge is 0.428 e. The molecule has 1 aromatic heterocycles. The molecule has 1 heterocycles. The van der Waals surface area contributed by atoms with Crippen LogP contribution in [0.25, 0.3) is 11.1 Å². The van der Waals surface area contributed by atoms with Crippen LogP contribution in [0.4, 0.5) is 0 Å². The lowest BCUT2D eigenvalue weighted by atomic mass is 10.2. The molecule has 1 N–H and O–H groups in total. The predicted molar refractivity (Wildman–Crippen MR) is 59.5 cm³/mol. The molecule has 0 radical (unpaired) electrons. The first-order valence-corrected chi connectivity index (χ1v) is 5.47. The molecule has 1 aliphatic carbocycles. The zero-order chi connectivity index (χ0) is 11.1. The lowest BCUT2D eigenvalue weighted by Gasteiger charge is -2.01. The fourth-order valence-corrected chi connectivity index (χ4v) is 1.71. The van der Waals surface area contributed by atoms with Gasteiger partial charge in [-0.3, -0.25) is 4.79 Å². The molecule has 0 bridgehead atoms. The van der Waals surface area contributed by atoms with Gasteiger partial charge in [0, 0.05) is 11.6 Å². The van der Waals surface area contributed by atoms with Crippen molar-refractivity contribution in [2.75, 3.05) is 0 Å². The maximum absolute atomic E-state index is 11.7. The van der Waals surface area contributed by atoms with Crippen molar-refractivity contribution in [1.29, 1.82) is 0 Å². The van der Waals surface area contributed by atoms with E-state index in [1.54, 1.807) is 18.2 Å². The van der Waals surface area contributed by atoms with Crippen molar-refractivity contribution < 1.29 is 9.21 Å². The number of nitrogens with zero attached hydrogens (tertiary/aromatic N) is 1. The van der Waals surface area contributed by atoms with Gasteiger partial charge in [0.15, 0.2) is 5.58 Å². The van der Waals surface area contributed by atoms with Crippen LogP contribution in [0, 0.1) is 0 Å². The summed E-state index contributed by atoms with van der Waals surface area (Å²) in [6.45, 7) is 0. The van der Waals surface area contributed by atoms with Crippen LogP contribution in [0.2, 0.25) is 5.35 Å². The summed E-state index contributed by atoms with van der Waals surface area (Å²) in [5.74, 6) is -0.0723. The quantitative estimate of drug-likeness (QED) is 0.871. The fourth-order valence-electron chi connectivity index (χ4n) is 1.53. The molecule has 16 heavy (non-hydrogen) atoms. The minimum absolute atomic E-state index is 0.0723. The lowest BCUT2D eigenvalue weighted by Crippen LogP contribution is -2.25. The molecule has 1 amide bonds. The Kier molecular flexibility index (Phi) is 2.11. The molecule has 4 nitrogen and oxygen atoms in total. The summed E-state index contributed by atoms with van der Waals surface area (Å²) in [7, 11) is 0. The molecular formula is C11H9ClN2O2. The Morgan fingerprint density at radius 1 is 1.50 bits per heavy atom. The number of fused-ring (bicyclic) bond motifs is 1. The summed E-state index contributed by atoms with van der Waals surface area (Å²) in [5, 5.41) is 3.00. The maximum Gasteiger partial charge on any atom is 0.293 e. The smallest absolute Gasteiger partial charge is 0.293 e. The first-order valence-electron chi connectivity index (χ1n) is 5.09. The third-order valence-corrected chi connectivity index (χ3v) is 2.70. The van der Waals surface area contributed by atoms with Gasteiger partial charge in [-0.25, -0.2) is 0 Å². The zero-order valence-corrected chi connectivity index (χ0v) is 9.12. The molecule has 1 aliphatic rings. The van der Waals surface area contributed by atoms with Gasteiger partial charge in [-0.05, 0) is 42.6 Å². The van der Waals surface area contributed by atoms with Crippen LogP contribution in [0.15, 0.2) is 22.6 Å². The second kappa shape index (κ2) is 3.49. The molecule has 1 saturated carbocycles. The lowest BCUT2D eigenvalue weighted by molar-refractivity contribution is 0.0951. The van der Waals surface area contributed by atoms with Crippen LogP contribution < -0.4 is 5.32 Å². The minimum Gasteiger partial charge on any atom is -0.428 e. The van der Waals surface area contributed by atoms with E-state index in [2.05, 4.69) is 10.3 Å². The maximum atomic E-state index is 11.7. The van der Waals surface area contributed by atoms with Crippen molar-refractivity contribution in [3.63, 3.8) is 0 Å². The zero-order valence-electron chi connectivity index (χ0n) is 8.37. The van der Waals surface area contributed by atoms with Crippen molar-refractivity contribution in [3.05, 3.63) is 29.1 Å². The summed E-state index contributed by atoms with van der Waals surface area (Å²) in [6, 6.07) is 5.46. The number of aromatic nitrogens is 1. The number of halogens is 1. The average Bonchev–Trinajstić information content (AvgIpc) is 2.96. The second-order valence-electron chi connectivity index (χ2n) is 3.90. The van der Waals surface area contributed by atoms with Crippen molar-refractivity contribution in [2.45, 2.75) is 18.9 Å². The molecule has 2 aromatic rings. The van der Waals surface area contributed by atoms with Crippen LogP contribution in [0.5, 0.6) is 0 Å². The Bertz CT molecular complexity index is 560. The van der Waals surface area contributed by atoms with E-state index in [-0.39, 0.29) is 11.3 Å². The van der Waals surface area contributed by atoms with Gasteiger partial charge in [0.1, 0.15) is 5.52 Å². The van der Waals surface area contributed by atoms with Gasteiger partial charge in [0.05, 0.1) is 0 Å². The van der Waals surface area contributed by atoms with Crippen LogP contribution >= 0.6 is 11.6 Å². The molecule has 0 spiro atoms. The van der Waals surface area contributed by atoms with Crippen LogP contribution in [-0.4, -0.2) is 16.9 Å². The molecule has 0 atom stereocenters. The van der Waals surface area contributed by atoms with Crippen molar-refractivity contribution in [3.8, 4) is 0 Å². The Balaban J connectivity index is 1.93. The molecular weight excluding hydrogens is 228 g/mol. The first kappa shape index (κ1) is 9.66. The Hall–Kier alpha value is -1.55. The van der Waals surface area contributed by atoms with Gasteiger partial charge in [-0.1, -0.05) is 0 Å². The number of rotatable bonds is 2. The molecule has 5 heteroatoms. The fraction of sp³-hybridized carbons (Fsp3) is 0.273. The normalized spacial score (nSPS) is 15.3. The van der Waals surface area contributed by atoms with Crippen LogP contribution in [-0.2, 0) is 0 Å².